The molecule has 134 valence electrons. The van der Waals surface area contributed by atoms with Gasteiger partial charge in [0.1, 0.15) is 11.8 Å². The molecule has 0 aliphatic rings. The monoisotopic (exact) mass is 354 g/mol. The van der Waals surface area contributed by atoms with Crippen LogP contribution in [-0.4, -0.2) is 24.0 Å². The summed E-state index contributed by atoms with van der Waals surface area (Å²) in [7, 11) is 1.42. The number of nitrogens with zero attached hydrogens (tertiary/aromatic N) is 2. The smallest absolute Gasteiger partial charge is 0.271 e. The number of nitro benzene ring substituents is 1. The number of nitriles is 1. The van der Waals surface area contributed by atoms with Crippen LogP contribution >= 0.6 is 0 Å². The summed E-state index contributed by atoms with van der Waals surface area (Å²) in [6.45, 7) is 1.67. The van der Waals surface area contributed by atoms with Crippen molar-refractivity contribution < 1.29 is 14.5 Å². The molecular formula is C18H18N4O4. The van der Waals surface area contributed by atoms with Gasteiger partial charge in [0.25, 0.3) is 5.69 Å². The summed E-state index contributed by atoms with van der Waals surface area (Å²) >= 11 is 0. The van der Waals surface area contributed by atoms with Gasteiger partial charge >= 0.3 is 0 Å². The van der Waals surface area contributed by atoms with Crippen molar-refractivity contribution in [3.63, 3.8) is 0 Å². The average Bonchev–Trinajstić information content (AvgIpc) is 2.63. The highest BCUT2D eigenvalue weighted by Crippen LogP contribution is 2.29. The number of methoxy groups -OCH3 is 1. The number of hydrogen-bond donors (Lipinski definition) is 2. The van der Waals surface area contributed by atoms with E-state index in [2.05, 4.69) is 16.7 Å². The van der Waals surface area contributed by atoms with Crippen LogP contribution in [0.4, 0.5) is 17.1 Å². The van der Waals surface area contributed by atoms with Crippen LogP contribution in [0.3, 0.4) is 0 Å². The first kappa shape index (κ1) is 18.7. The van der Waals surface area contributed by atoms with E-state index in [1.165, 1.54) is 25.3 Å². The van der Waals surface area contributed by atoms with Gasteiger partial charge in [-0.05, 0) is 30.7 Å². The quantitative estimate of drug-likeness (QED) is 0.583. The van der Waals surface area contributed by atoms with E-state index >= 15 is 0 Å². The van der Waals surface area contributed by atoms with E-state index in [9.17, 15) is 14.9 Å². The summed E-state index contributed by atoms with van der Waals surface area (Å²) in [5.41, 5.74) is 1.69. The maximum atomic E-state index is 12.4. The van der Waals surface area contributed by atoms with E-state index in [1.807, 2.05) is 0 Å². The largest absolute Gasteiger partial charge is 0.495 e. The van der Waals surface area contributed by atoms with Crippen LogP contribution in [0.5, 0.6) is 5.75 Å². The third-order valence-electron chi connectivity index (χ3n) is 3.67. The molecule has 0 bridgehead atoms. The fraction of sp³-hybridized carbons (Fsp3) is 0.222. The van der Waals surface area contributed by atoms with Gasteiger partial charge in [0.2, 0.25) is 5.91 Å². The highest BCUT2D eigenvalue weighted by Gasteiger charge is 2.17. The topological polar surface area (TPSA) is 117 Å². The zero-order chi connectivity index (χ0) is 19.1. The first-order chi connectivity index (χ1) is 12.4. The fourth-order valence-electron chi connectivity index (χ4n) is 2.27. The molecule has 0 saturated carbocycles. The second-order valence-corrected chi connectivity index (χ2v) is 5.53. The molecule has 2 N–H and O–H groups in total. The molecule has 8 nitrogen and oxygen atoms in total. The number of carbonyl (C=O) groups excluding carboxylic acids is 1. The van der Waals surface area contributed by atoms with Crippen LogP contribution < -0.4 is 15.4 Å². The normalized spacial score (nSPS) is 11.1. The lowest BCUT2D eigenvalue weighted by Gasteiger charge is -2.16. The van der Waals surface area contributed by atoms with Crippen LogP contribution in [0.2, 0.25) is 0 Å². The predicted octanol–water partition coefficient (Wildman–Crippen LogP) is 3.11. The van der Waals surface area contributed by atoms with Gasteiger partial charge < -0.3 is 15.4 Å². The maximum absolute atomic E-state index is 12.4. The zero-order valence-electron chi connectivity index (χ0n) is 14.4. The Kier molecular flexibility index (Phi) is 6.11. The van der Waals surface area contributed by atoms with Crippen molar-refractivity contribution in [1.29, 1.82) is 5.26 Å². The van der Waals surface area contributed by atoms with Crippen LogP contribution in [0, 0.1) is 21.4 Å². The Balaban J connectivity index is 2.08. The zero-order valence-corrected chi connectivity index (χ0v) is 14.4. The van der Waals surface area contributed by atoms with Crippen molar-refractivity contribution in [3.05, 3.63) is 58.1 Å². The molecule has 0 aliphatic carbocycles. The highest BCUT2D eigenvalue weighted by atomic mass is 16.6. The van der Waals surface area contributed by atoms with Crippen LogP contribution in [0.1, 0.15) is 12.5 Å². The molecule has 0 fully saturated rings. The average molecular weight is 354 g/mol. The lowest BCUT2D eigenvalue weighted by atomic mass is 10.1. The van der Waals surface area contributed by atoms with Crippen molar-refractivity contribution in [2.45, 2.75) is 19.4 Å². The standard InChI is InChI=1S/C18H18N4O4/c1-12(20-14-5-3-13(4-6-14)9-10-19)18(23)21-16-11-15(22(24)25)7-8-17(16)26-2/h3-8,11-12,20H,9H2,1-2H3,(H,21,23). The van der Waals surface area contributed by atoms with Crippen LogP contribution in [0.15, 0.2) is 42.5 Å². The van der Waals surface area contributed by atoms with E-state index in [4.69, 9.17) is 10.00 Å². The summed E-state index contributed by atoms with van der Waals surface area (Å²) in [6, 6.07) is 12.6. The number of hydrogen-bond acceptors (Lipinski definition) is 6. The molecule has 2 aromatic carbocycles. The molecule has 2 aromatic rings. The summed E-state index contributed by atoms with van der Waals surface area (Å²) < 4.78 is 5.13. The Hall–Kier alpha value is -3.60. The van der Waals surface area contributed by atoms with E-state index in [0.29, 0.717) is 12.2 Å². The first-order valence-corrected chi connectivity index (χ1v) is 7.80. The third kappa shape index (κ3) is 4.70. The Bertz CT molecular complexity index is 843. The molecule has 0 aliphatic heterocycles. The number of nitro groups is 1. The molecule has 0 spiro atoms. The lowest BCUT2D eigenvalue weighted by Crippen LogP contribution is -2.32. The first-order valence-electron chi connectivity index (χ1n) is 7.80. The summed E-state index contributed by atoms with van der Waals surface area (Å²) in [6.07, 6.45) is 0.322. The number of nitrogens with one attached hydrogen (secondary N) is 2. The molecule has 0 aromatic heterocycles. The number of anilines is 2. The molecule has 1 atom stereocenters. The molecule has 2 rings (SSSR count). The molecular weight excluding hydrogens is 336 g/mol. The van der Waals surface area contributed by atoms with E-state index in [1.54, 1.807) is 31.2 Å². The van der Waals surface area contributed by atoms with Gasteiger partial charge in [0.15, 0.2) is 0 Å². The molecule has 8 heteroatoms. The summed E-state index contributed by atoms with van der Waals surface area (Å²) in [5.74, 6) is -0.0399. The molecule has 0 heterocycles. The van der Waals surface area contributed by atoms with Crippen molar-refractivity contribution >= 4 is 23.0 Å². The van der Waals surface area contributed by atoms with Crippen molar-refractivity contribution in [3.8, 4) is 11.8 Å². The van der Waals surface area contributed by atoms with Crippen molar-refractivity contribution in [2.24, 2.45) is 0 Å². The van der Waals surface area contributed by atoms with Gasteiger partial charge in [-0.2, -0.15) is 5.26 Å². The Labute approximate surface area is 150 Å². The molecule has 0 radical (unpaired) electrons. The van der Waals surface area contributed by atoms with Gasteiger partial charge in [-0.15, -0.1) is 0 Å². The number of non-ortho nitro benzene ring substituents is 1. The Morgan fingerprint density at radius 1 is 1.31 bits per heavy atom. The number of amides is 1. The molecule has 1 unspecified atom stereocenters. The molecule has 0 saturated heterocycles. The SMILES string of the molecule is COc1ccc([N+](=O)[O-])cc1NC(=O)C(C)Nc1ccc(CC#N)cc1. The molecule has 26 heavy (non-hydrogen) atoms. The fourth-order valence-corrected chi connectivity index (χ4v) is 2.27. The Morgan fingerprint density at radius 3 is 2.58 bits per heavy atom. The minimum atomic E-state index is -0.596. The van der Waals surface area contributed by atoms with Gasteiger partial charge in [-0.1, -0.05) is 12.1 Å². The van der Waals surface area contributed by atoms with Gasteiger partial charge in [-0.3, -0.25) is 14.9 Å². The lowest BCUT2D eigenvalue weighted by molar-refractivity contribution is -0.384. The van der Waals surface area contributed by atoms with Crippen molar-refractivity contribution in [2.75, 3.05) is 17.7 Å². The highest BCUT2D eigenvalue weighted by molar-refractivity contribution is 5.97. The number of rotatable bonds is 7. The van der Waals surface area contributed by atoms with Gasteiger partial charge in [0.05, 0.1) is 30.2 Å². The number of carbonyl (C=O) groups is 1. The number of ether oxygens (including phenoxy) is 1. The minimum absolute atomic E-state index is 0.144. The van der Waals surface area contributed by atoms with Crippen molar-refractivity contribution in [1.82, 2.24) is 0 Å². The van der Waals surface area contributed by atoms with Gasteiger partial charge in [0, 0.05) is 17.8 Å². The summed E-state index contributed by atoms with van der Waals surface area (Å²) in [5, 5.41) is 25.3. The maximum Gasteiger partial charge on any atom is 0.271 e. The van der Waals surface area contributed by atoms with Gasteiger partial charge in [-0.25, -0.2) is 0 Å². The Morgan fingerprint density at radius 2 is 2.00 bits per heavy atom. The number of benzene rings is 2. The van der Waals surface area contributed by atoms with E-state index in [0.717, 1.165) is 11.3 Å². The third-order valence-corrected chi connectivity index (χ3v) is 3.67. The second kappa shape index (κ2) is 8.48. The van der Waals surface area contributed by atoms with Crippen LogP contribution in [0.25, 0.3) is 0 Å². The van der Waals surface area contributed by atoms with Crippen LogP contribution in [-0.2, 0) is 11.2 Å². The predicted molar refractivity (Wildman–Crippen MR) is 97.1 cm³/mol. The summed E-state index contributed by atoms with van der Waals surface area (Å²) in [4.78, 5) is 22.8. The van der Waals surface area contributed by atoms with E-state index < -0.39 is 11.0 Å². The molecule has 1 amide bonds. The minimum Gasteiger partial charge on any atom is -0.495 e. The van der Waals surface area contributed by atoms with E-state index in [-0.39, 0.29) is 17.3 Å². The second-order valence-electron chi connectivity index (χ2n) is 5.53.